The van der Waals surface area contributed by atoms with E-state index in [4.69, 9.17) is 4.74 Å². The van der Waals surface area contributed by atoms with E-state index in [9.17, 15) is 9.50 Å². The third kappa shape index (κ3) is 1.92. The molecule has 88 valence electrons. The Morgan fingerprint density at radius 3 is 2.75 bits per heavy atom. The van der Waals surface area contributed by atoms with Crippen LogP contribution in [0.4, 0.5) is 4.39 Å². The Morgan fingerprint density at radius 2 is 2.25 bits per heavy atom. The van der Waals surface area contributed by atoms with Gasteiger partial charge in [-0.15, -0.1) is 0 Å². The van der Waals surface area contributed by atoms with Crippen LogP contribution in [0, 0.1) is 5.82 Å². The maximum Gasteiger partial charge on any atom is 0.130 e. The molecular formula is C13H17FO2. The van der Waals surface area contributed by atoms with Gasteiger partial charge in [-0.1, -0.05) is 13.0 Å². The number of benzene rings is 1. The summed E-state index contributed by atoms with van der Waals surface area (Å²) in [6.45, 7) is 2.01. The number of hydrogen-bond donors (Lipinski definition) is 1. The summed E-state index contributed by atoms with van der Waals surface area (Å²) in [5.41, 5.74) is 0.445. The minimum absolute atomic E-state index is 0.240. The van der Waals surface area contributed by atoms with Gasteiger partial charge in [0.15, 0.2) is 0 Å². The Bertz CT molecular complexity index is 392. The van der Waals surface area contributed by atoms with Crippen molar-refractivity contribution in [1.29, 1.82) is 0 Å². The second-order valence-corrected chi connectivity index (χ2v) is 4.80. The zero-order chi connectivity index (χ0) is 11.8. The predicted octanol–water partition coefficient (Wildman–Crippen LogP) is 2.64. The molecule has 0 radical (unpaired) electrons. The lowest BCUT2D eigenvalue weighted by Crippen LogP contribution is -2.20. The molecule has 1 N–H and O–H groups in total. The average molecular weight is 224 g/mol. The van der Waals surface area contributed by atoms with Gasteiger partial charge in [0.25, 0.3) is 0 Å². The van der Waals surface area contributed by atoms with E-state index in [1.54, 1.807) is 12.1 Å². The first-order valence-electron chi connectivity index (χ1n) is 5.57. The van der Waals surface area contributed by atoms with Gasteiger partial charge in [-0.25, -0.2) is 4.39 Å². The molecule has 1 aliphatic carbocycles. The van der Waals surface area contributed by atoms with Crippen LogP contribution in [0.2, 0.25) is 0 Å². The number of rotatable bonds is 2. The summed E-state index contributed by atoms with van der Waals surface area (Å²) in [7, 11) is 1.52. The first-order valence-corrected chi connectivity index (χ1v) is 5.57. The molecule has 0 aliphatic heterocycles. The van der Waals surface area contributed by atoms with E-state index in [2.05, 4.69) is 0 Å². The molecule has 0 saturated heterocycles. The van der Waals surface area contributed by atoms with Crippen molar-refractivity contribution in [2.75, 3.05) is 7.11 Å². The van der Waals surface area contributed by atoms with Crippen LogP contribution in [0.15, 0.2) is 18.2 Å². The SMILES string of the molecule is COc1ccc(C2(C)CCC(O)C2)c(F)c1. The molecule has 0 spiro atoms. The maximum absolute atomic E-state index is 13.9. The third-order valence-electron chi connectivity index (χ3n) is 3.54. The molecule has 16 heavy (non-hydrogen) atoms. The first-order chi connectivity index (χ1) is 7.55. The van der Waals surface area contributed by atoms with E-state index in [1.807, 2.05) is 6.92 Å². The Balaban J connectivity index is 2.33. The van der Waals surface area contributed by atoms with Crippen molar-refractivity contribution in [2.24, 2.45) is 0 Å². The highest BCUT2D eigenvalue weighted by Crippen LogP contribution is 2.42. The summed E-state index contributed by atoms with van der Waals surface area (Å²) in [6.07, 6.45) is 1.92. The molecule has 1 aliphatic rings. The molecule has 1 aromatic carbocycles. The molecule has 1 fully saturated rings. The van der Waals surface area contributed by atoms with Crippen molar-refractivity contribution in [3.63, 3.8) is 0 Å². The van der Waals surface area contributed by atoms with E-state index in [0.717, 1.165) is 12.8 Å². The highest BCUT2D eigenvalue weighted by atomic mass is 19.1. The zero-order valence-electron chi connectivity index (χ0n) is 9.66. The van der Waals surface area contributed by atoms with Gasteiger partial charge in [-0.2, -0.15) is 0 Å². The van der Waals surface area contributed by atoms with Gasteiger partial charge in [0.05, 0.1) is 13.2 Å². The standard InChI is InChI=1S/C13H17FO2/c1-13(6-5-9(15)8-13)11-4-3-10(16-2)7-12(11)14/h3-4,7,9,15H,5-6,8H2,1-2H3. The summed E-state index contributed by atoms with van der Waals surface area (Å²) in [6, 6.07) is 4.95. The van der Waals surface area contributed by atoms with E-state index in [0.29, 0.717) is 17.7 Å². The van der Waals surface area contributed by atoms with Crippen LogP contribution in [0.5, 0.6) is 5.75 Å². The van der Waals surface area contributed by atoms with Crippen LogP contribution < -0.4 is 4.74 Å². The van der Waals surface area contributed by atoms with Gasteiger partial charge in [0, 0.05) is 6.07 Å². The highest BCUT2D eigenvalue weighted by Gasteiger charge is 2.37. The van der Waals surface area contributed by atoms with Crippen LogP contribution in [-0.2, 0) is 5.41 Å². The number of methoxy groups -OCH3 is 1. The lowest BCUT2D eigenvalue weighted by molar-refractivity contribution is 0.175. The Kier molecular flexibility index (Phi) is 2.89. The summed E-state index contributed by atoms with van der Waals surface area (Å²) >= 11 is 0. The highest BCUT2D eigenvalue weighted by molar-refractivity contribution is 5.34. The maximum atomic E-state index is 13.9. The van der Waals surface area contributed by atoms with Crippen LogP contribution >= 0.6 is 0 Å². The molecule has 0 heterocycles. The molecule has 3 heteroatoms. The molecule has 0 bridgehead atoms. The van der Waals surface area contributed by atoms with Crippen LogP contribution in [0.1, 0.15) is 31.7 Å². The van der Waals surface area contributed by atoms with E-state index in [1.165, 1.54) is 13.2 Å². The van der Waals surface area contributed by atoms with E-state index >= 15 is 0 Å². The minimum atomic E-state index is -0.300. The second kappa shape index (κ2) is 4.06. The van der Waals surface area contributed by atoms with Crippen molar-refractivity contribution in [3.8, 4) is 5.75 Å². The quantitative estimate of drug-likeness (QED) is 0.836. The van der Waals surface area contributed by atoms with Gasteiger partial charge in [-0.3, -0.25) is 0 Å². The summed E-state index contributed by atoms with van der Waals surface area (Å²) < 4.78 is 18.9. The smallest absolute Gasteiger partial charge is 0.130 e. The number of halogens is 1. The van der Waals surface area contributed by atoms with Gasteiger partial charge in [0.2, 0.25) is 0 Å². The fourth-order valence-electron chi connectivity index (χ4n) is 2.57. The monoisotopic (exact) mass is 224 g/mol. The Morgan fingerprint density at radius 1 is 1.50 bits per heavy atom. The fourth-order valence-corrected chi connectivity index (χ4v) is 2.57. The van der Waals surface area contributed by atoms with E-state index in [-0.39, 0.29) is 17.3 Å². The Hall–Kier alpha value is -1.09. The molecule has 0 amide bonds. The average Bonchev–Trinajstić information content (AvgIpc) is 2.59. The lowest BCUT2D eigenvalue weighted by Gasteiger charge is -2.25. The third-order valence-corrected chi connectivity index (χ3v) is 3.54. The van der Waals surface area contributed by atoms with Crippen LogP contribution in [0.25, 0.3) is 0 Å². The molecule has 1 aromatic rings. The van der Waals surface area contributed by atoms with Gasteiger partial charge in [0.1, 0.15) is 11.6 Å². The first kappa shape index (κ1) is 11.4. The van der Waals surface area contributed by atoms with Crippen molar-refractivity contribution in [2.45, 2.75) is 37.7 Å². The van der Waals surface area contributed by atoms with Crippen molar-refractivity contribution < 1.29 is 14.2 Å². The Labute approximate surface area is 95.1 Å². The molecule has 0 aromatic heterocycles. The van der Waals surface area contributed by atoms with Crippen molar-refractivity contribution >= 4 is 0 Å². The number of aliphatic hydroxyl groups is 1. The largest absolute Gasteiger partial charge is 0.497 e. The normalized spacial score (nSPS) is 29.4. The number of ether oxygens (including phenoxy) is 1. The number of hydrogen-bond acceptors (Lipinski definition) is 2. The molecule has 2 atom stereocenters. The van der Waals surface area contributed by atoms with Crippen LogP contribution in [-0.4, -0.2) is 18.3 Å². The summed E-state index contributed by atoms with van der Waals surface area (Å²) in [5.74, 6) is 0.291. The van der Waals surface area contributed by atoms with Crippen molar-refractivity contribution in [1.82, 2.24) is 0 Å². The van der Waals surface area contributed by atoms with Gasteiger partial charge < -0.3 is 9.84 Å². The van der Waals surface area contributed by atoms with Crippen molar-refractivity contribution in [3.05, 3.63) is 29.6 Å². The molecule has 2 nitrogen and oxygen atoms in total. The molecule has 2 rings (SSSR count). The lowest BCUT2D eigenvalue weighted by atomic mass is 9.80. The number of aliphatic hydroxyl groups excluding tert-OH is 1. The van der Waals surface area contributed by atoms with Gasteiger partial charge in [-0.05, 0) is 36.3 Å². The minimum Gasteiger partial charge on any atom is -0.497 e. The summed E-state index contributed by atoms with van der Waals surface area (Å²) in [5, 5.41) is 9.57. The van der Waals surface area contributed by atoms with E-state index < -0.39 is 0 Å². The topological polar surface area (TPSA) is 29.5 Å². The molecule has 1 saturated carbocycles. The predicted molar refractivity (Wildman–Crippen MR) is 60.2 cm³/mol. The van der Waals surface area contributed by atoms with Gasteiger partial charge >= 0.3 is 0 Å². The second-order valence-electron chi connectivity index (χ2n) is 4.80. The van der Waals surface area contributed by atoms with Crippen LogP contribution in [0.3, 0.4) is 0 Å². The molecule has 2 unspecified atom stereocenters. The summed E-state index contributed by atoms with van der Waals surface area (Å²) in [4.78, 5) is 0. The fraction of sp³-hybridized carbons (Fsp3) is 0.538. The molecular weight excluding hydrogens is 207 g/mol. The zero-order valence-corrected chi connectivity index (χ0v) is 9.66.